The highest BCUT2D eigenvalue weighted by atomic mass is 16.5. The van der Waals surface area contributed by atoms with Crippen LogP contribution in [0.25, 0.3) is 11.5 Å². The lowest BCUT2D eigenvalue weighted by Crippen LogP contribution is -2.76. The highest BCUT2D eigenvalue weighted by Gasteiger charge is 2.61. The molecule has 0 aliphatic carbocycles. The van der Waals surface area contributed by atoms with Gasteiger partial charge in [0.25, 0.3) is 0 Å². The molecule has 1 amide bonds. The second-order valence-electron chi connectivity index (χ2n) is 10.5. The molecule has 6 rings (SSSR count). The molecule has 1 aromatic heterocycles. The molecule has 0 atom stereocenters. The van der Waals surface area contributed by atoms with Crippen molar-refractivity contribution >= 4 is 5.91 Å². The van der Waals surface area contributed by atoms with Crippen LogP contribution in [0.5, 0.6) is 11.5 Å². The molecule has 3 fully saturated rings. The van der Waals surface area contributed by atoms with Crippen molar-refractivity contribution in [2.75, 3.05) is 39.9 Å². The van der Waals surface area contributed by atoms with Crippen LogP contribution in [0.2, 0.25) is 0 Å². The summed E-state index contributed by atoms with van der Waals surface area (Å²) in [4.78, 5) is 16.8. The van der Waals surface area contributed by atoms with E-state index in [9.17, 15) is 4.79 Å². The molecule has 9 nitrogen and oxygen atoms in total. The number of ether oxygens (including phenoxy) is 3. The summed E-state index contributed by atoms with van der Waals surface area (Å²) in [5.74, 6) is 1.52. The molecule has 3 saturated heterocycles. The standard InChI is InChI=1S/C27H30N4O5/c1-26(2)17-34-27(26)15-30(16-27)12-18-4-8-21(9-5-18)35-22-13-31(14-22)25(32)24-29-28-23(36-24)19-6-10-20(33-3)11-7-19/h4-11,22H,12-17H2,1-3H3. The number of hydrogen-bond acceptors (Lipinski definition) is 8. The van der Waals surface area contributed by atoms with E-state index in [0.717, 1.165) is 43.3 Å². The number of amides is 1. The van der Waals surface area contributed by atoms with E-state index in [-0.39, 0.29) is 28.9 Å². The fourth-order valence-electron chi connectivity index (χ4n) is 4.97. The van der Waals surface area contributed by atoms with Gasteiger partial charge in [-0.05, 0) is 42.0 Å². The summed E-state index contributed by atoms with van der Waals surface area (Å²) in [5.41, 5.74) is 2.32. The third-order valence-electron chi connectivity index (χ3n) is 7.61. The largest absolute Gasteiger partial charge is 0.497 e. The quantitative estimate of drug-likeness (QED) is 0.499. The monoisotopic (exact) mass is 490 g/mol. The highest BCUT2D eigenvalue weighted by Crippen LogP contribution is 2.50. The summed E-state index contributed by atoms with van der Waals surface area (Å²) >= 11 is 0. The summed E-state index contributed by atoms with van der Waals surface area (Å²) in [7, 11) is 1.60. The van der Waals surface area contributed by atoms with E-state index < -0.39 is 0 Å². The molecule has 9 heteroatoms. The zero-order valence-corrected chi connectivity index (χ0v) is 20.8. The van der Waals surface area contributed by atoms with Crippen LogP contribution in [0.1, 0.15) is 30.1 Å². The van der Waals surface area contributed by atoms with Crippen molar-refractivity contribution in [3.8, 4) is 23.0 Å². The number of aromatic nitrogens is 2. The zero-order valence-electron chi connectivity index (χ0n) is 20.8. The number of likely N-dealkylation sites (tertiary alicyclic amines) is 2. The summed E-state index contributed by atoms with van der Waals surface area (Å²) in [6, 6.07) is 15.4. The second kappa shape index (κ2) is 8.60. The van der Waals surface area contributed by atoms with E-state index in [1.54, 1.807) is 24.1 Å². The van der Waals surface area contributed by atoms with E-state index in [4.69, 9.17) is 18.6 Å². The number of carbonyl (C=O) groups is 1. The fraction of sp³-hybridized carbons (Fsp3) is 0.444. The van der Waals surface area contributed by atoms with Crippen molar-refractivity contribution in [3.63, 3.8) is 0 Å². The predicted octanol–water partition coefficient (Wildman–Crippen LogP) is 3.26. The normalized spacial score (nSPS) is 20.4. The van der Waals surface area contributed by atoms with Gasteiger partial charge in [0, 0.05) is 30.6 Å². The average molecular weight is 491 g/mol. The Bertz CT molecular complexity index is 1240. The van der Waals surface area contributed by atoms with Crippen molar-refractivity contribution in [3.05, 3.63) is 60.0 Å². The van der Waals surface area contributed by atoms with E-state index >= 15 is 0 Å². The van der Waals surface area contributed by atoms with Gasteiger partial charge in [-0.1, -0.05) is 26.0 Å². The smallest absolute Gasteiger partial charge is 0.311 e. The van der Waals surface area contributed by atoms with Gasteiger partial charge in [0.2, 0.25) is 5.89 Å². The molecule has 3 aromatic rings. The molecule has 1 spiro atoms. The van der Waals surface area contributed by atoms with E-state index in [1.165, 1.54) is 5.56 Å². The number of nitrogens with zero attached hydrogens (tertiary/aromatic N) is 4. The van der Waals surface area contributed by atoms with Crippen LogP contribution < -0.4 is 9.47 Å². The first-order chi connectivity index (χ1) is 17.3. The van der Waals surface area contributed by atoms with E-state index in [0.29, 0.717) is 19.0 Å². The molecule has 36 heavy (non-hydrogen) atoms. The van der Waals surface area contributed by atoms with Crippen LogP contribution in [-0.4, -0.2) is 77.5 Å². The summed E-state index contributed by atoms with van der Waals surface area (Å²) in [5, 5.41) is 7.93. The summed E-state index contributed by atoms with van der Waals surface area (Å²) < 4.78 is 22.7. The SMILES string of the molecule is COc1ccc(-c2nnc(C(=O)N3CC(Oc4ccc(CN5CC6(C5)OCC6(C)C)cc4)C3)o2)cc1. The summed E-state index contributed by atoms with van der Waals surface area (Å²) in [6.45, 7) is 9.29. The van der Waals surface area contributed by atoms with Crippen LogP contribution in [0.15, 0.2) is 52.9 Å². The molecule has 0 bridgehead atoms. The lowest BCUT2D eigenvalue weighted by molar-refractivity contribution is -0.308. The van der Waals surface area contributed by atoms with Crippen LogP contribution in [-0.2, 0) is 11.3 Å². The second-order valence-corrected chi connectivity index (χ2v) is 10.5. The third-order valence-corrected chi connectivity index (χ3v) is 7.61. The molecule has 3 aliphatic rings. The molecule has 4 heterocycles. The molecule has 0 saturated carbocycles. The van der Waals surface area contributed by atoms with E-state index in [2.05, 4.69) is 41.1 Å². The third kappa shape index (κ3) is 4.02. The van der Waals surface area contributed by atoms with Crippen molar-refractivity contribution < 1.29 is 23.4 Å². The zero-order chi connectivity index (χ0) is 24.9. The Morgan fingerprint density at radius 3 is 2.33 bits per heavy atom. The molecule has 3 aliphatic heterocycles. The maximum Gasteiger partial charge on any atom is 0.311 e. The molecular formula is C27H30N4O5. The topological polar surface area (TPSA) is 90.2 Å². The minimum absolute atomic E-state index is 0.0212. The van der Waals surface area contributed by atoms with Gasteiger partial charge in [0.1, 0.15) is 23.2 Å². The Morgan fingerprint density at radius 1 is 1.03 bits per heavy atom. The minimum Gasteiger partial charge on any atom is -0.497 e. The summed E-state index contributed by atoms with van der Waals surface area (Å²) in [6.07, 6.45) is -0.0583. The maximum absolute atomic E-state index is 12.7. The maximum atomic E-state index is 12.7. The first-order valence-corrected chi connectivity index (χ1v) is 12.2. The average Bonchev–Trinajstić information content (AvgIpc) is 3.33. The van der Waals surface area contributed by atoms with Gasteiger partial charge in [-0.15, -0.1) is 10.2 Å². The lowest BCUT2D eigenvalue weighted by Gasteiger charge is -2.64. The Balaban J connectivity index is 0.968. The van der Waals surface area contributed by atoms with Crippen molar-refractivity contribution in [1.82, 2.24) is 20.0 Å². The first-order valence-electron chi connectivity index (χ1n) is 12.2. The van der Waals surface area contributed by atoms with Crippen molar-refractivity contribution in [1.29, 1.82) is 0 Å². The van der Waals surface area contributed by atoms with Crippen molar-refractivity contribution in [2.24, 2.45) is 5.41 Å². The number of benzene rings is 2. The van der Waals surface area contributed by atoms with Gasteiger partial charge in [0.15, 0.2) is 0 Å². The van der Waals surface area contributed by atoms with E-state index in [1.807, 2.05) is 24.3 Å². The number of rotatable bonds is 7. The lowest BCUT2D eigenvalue weighted by atomic mass is 9.66. The van der Waals surface area contributed by atoms with Gasteiger partial charge < -0.3 is 23.5 Å². The van der Waals surface area contributed by atoms with Crippen molar-refractivity contribution in [2.45, 2.75) is 32.1 Å². The van der Waals surface area contributed by atoms with Crippen LogP contribution in [0.4, 0.5) is 0 Å². The fourth-order valence-corrected chi connectivity index (χ4v) is 4.97. The predicted molar refractivity (Wildman–Crippen MR) is 131 cm³/mol. The Morgan fingerprint density at radius 2 is 1.72 bits per heavy atom. The Kier molecular flexibility index (Phi) is 5.49. The van der Waals surface area contributed by atoms with Crippen LogP contribution in [0, 0.1) is 5.41 Å². The Labute approximate surface area is 209 Å². The Hall–Kier alpha value is -3.43. The van der Waals surface area contributed by atoms with Crippen LogP contribution in [0.3, 0.4) is 0 Å². The molecule has 0 radical (unpaired) electrons. The first kappa shape index (κ1) is 23.0. The molecule has 0 N–H and O–H groups in total. The number of hydrogen-bond donors (Lipinski definition) is 0. The molecule has 2 aromatic carbocycles. The van der Waals surface area contributed by atoms with Crippen LogP contribution >= 0.6 is 0 Å². The highest BCUT2D eigenvalue weighted by molar-refractivity contribution is 5.90. The molecule has 0 unspecified atom stereocenters. The number of carbonyl (C=O) groups excluding carboxylic acids is 1. The van der Waals surface area contributed by atoms with Gasteiger partial charge in [0.05, 0.1) is 26.8 Å². The van der Waals surface area contributed by atoms with Gasteiger partial charge in [-0.2, -0.15) is 0 Å². The molecular weight excluding hydrogens is 460 g/mol. The number of methoxy groups -OCH3 is 1. The minimum atomic E-state index is -0.289. The molecule has 188 valence electrons. The van der Waals surface area contributed by atoms with Gasteiger partial charge in [-0.3, -0.25) is 9.69 Å². The van der Waals surface area contributed by atoms with Gasteiger partial charge >= 0.3 is 11.8 Å². The van der Waals surface area contributed by atoms with Gasteiger partial charge in [-0.25, -0.2) is 0 Å².